The molecule has 0 saturated carbocycles. The van der Waals surface area contributed by atoms with Crippen molar-refractivity contribution in [2.24, 2.45) is 5.10 Å². The molecule has 0 bridgehead atoms. The Morgan fingerprint density at radius 2 is 1.44 bits per heavy atom. The van der Waals surface area contributed by atoms with E-state index in [1.165, 1.54) is 69.6 Å². The van der Waals surface area contributed by atoms with E-state index in [0.29, 0.717) is 6.42 Å². The van der Waals surface area contributed by atoms with Crippen molar-refractivity contribution in [3.63, 3.8) is 0 Å². The van der Waals surface area contributed by atoms with Crippen LogP contribution in [0, 0.1) is 0 Å². The first-order valence-electron chi connectivity index (χ1n) is 11.6. The summed E-state index contributed by atoms with van der Waals surface area (Å²) < 4.78 is 38.7. The van der Waals surface area contributed by atoms with E-state index >= 15 is 0 Å². The molecule has 1 rings (SSSR count). The number of alkyl halides is 3. The number of halogens is 3. The van der Waals surface area contributed by atoms with E-state index in [4.69, 9.17) is 0 Å². The lowest BCUT2D eigenvalue weighted by molar-refractivity contribution is -0.137. The molecule has 0 fully saturated rings. The lowest BCUT2D eigenvalue weighted by Gasteiger charge is -2.09. The van der Waals surface area contributed by atoms with Crippen LogP contribution in [0.1, 0.15) is 95.1 Å². The molecular weight excluding hydrogens is 419 g/mol. The van der Waals surface area contributed by atoms with Crippen molar-refractivity contribution in [3.05, 3.63) is 35.4 Å². The third-order valence-electron chi connectivity index (χ3n) is 5.11. The van der Waals surface area contributed by atoms with Crippen molar-refractivity contribution in [1.82, 2.24) is 10.7 Å². The second-order valence-corrected chi connectivity index (χ2v) is 7.94. The Labute approximate surface area is 189 Å². The van der Waals surface area contributed by atoms with E-state index in [9.17, 15) is 22.8 Å². The Kier molecular flexibility index (Phi) is 14.1. The first-order valence-corrected chi connectivity index (χ1v) is 11.6. The van der Waals surface area contributed by atoms with E-state index in [2.05, 4.69) is 22.8 Å². The average Bonchev–Trinajstić information content (AvgIpc) is 2.75. The van der Waals surface area contributed by atoms with Crippen LogP contribution < -0.4 is 10.7 Å². The van der Waals surface area contributed by atoms with Gasteiger partial charge in [-0.25, -0.2) is 5.43 Å². The smallest absolute Gasteiger partial charge is 0.347 e. The number of amides is 2. The van der Waals surface area contributed by atoms with Gasteiger partial charge in [0.2, 0.25) is 5.91 Å². The van der Waals surface area contributed by atoms with Gasteiger partial charge >= 0.3 is 6.18 Å². The molecule has 0 spiro atoms. The van der Waals surface area contributed by atoms with Gasteiger partial charge in [-0.1, -0.05) is 89.3 Å². The Morgan fingerprint density at radius 1 is 0.875 bits per heavy atom. The lowest BCUT2D eigenvalue weighted by Crippen LogP contribution is -2.34. The summed E-state index contributed by atoms with van der Waals surface area (Å²) in [6, 6.07) is 4.93. The minimum Gasteiger partial charge on any atom is -0.347 e. The molecule has 0 radical (unpaired) electrons. The molecule has 32 heavy (non-hydrogen) atoms. The molecule has 8 heteroatoms. The molecule has 0 heterocycles. The first-order chi connectivity index (χ1) is 15.3. The van der Waals surface area contributed by atoms with Crippen LogP contribution in [0.2, 0.25) is 0 Å². The Bertz CT molecular complexity index is 706. The van der Waals surface area contributed by atoms with E-state index in [-0.39, 0.29) is 18.0 Å². The van der Waals surface area contributed by atoms with Crippen molar-refractivity contribution < 1.29 is 22.8 Å². The summed E-state index contributed by atoms with van der Waals surface area (Å²) in [4.78, 5) is 23.5. The zero-order valence-electron chi connectivity index (χ0n) is 19.0. The van der Waals surface area contributed by atoms with Gasteiger partial charge in [0.05, 0.1) is 18.3 Å². The summed E-state index contributed by atoms with van der Waals surface area (Å²) in [6.07, 6.45) is 9.93. The maximum atomic E-state index is 12.9. The molecule has 180 valence electrons. The zero-order chi connectivity index (χ0) is 23.7. The van der Waals surface area contributed by atoms with Crippen LogP contribution in [0.4, 0.5) is 13.2 Å². The topological polar surface area (TPSA) is 70.6 Å². The predicted octanol–water partition coefficient (Wildman–Crippen LogP) is 5.97. The van der Waals surface area contributed by atoms with Gasteiger partial charge in [0.1, 0.15) is 0 Å². The summed E-state index contributed by atoms with van der Waals surface area (Å²) in [5.74, 6) is -0.819. The molecule has 5 nitrogen and oxygen atoms in total. The molecule has 1 aromatic carbocycles. The maximum Gasteiger partial charge on any atom is 0.417 e. The molecule has 0 aromatic heterocycles. The molecule has 0 aliphatic heterocycles. The summed E-state index contributed by atoms with van der Waals surface area (Å²) in [6.45, 7) is 1.95. The van der Waals surface area contributed by atoms with Gasteiger partial charge in [-0.15, -0.1) is 0 Å². The van der Waals surface area contributed by atoms with E-state index in [0.717, 1.165) is 31.5 Å². The van der Waals surface area contributed by atoms with E-state index in [1.807, 2.05) is 0 Å². The van der Waals surface area contributed by atoms with Crippen LogP contribution in [-0.2, 0) is 15.8 Å². The molecule has 0 unspecified atom stereocenters. The van der Waals surface area contributed by atoms with Crippen LogP contribution in [0.25, 0.3) is 0 Å². The molecule has 2 N–H and O–H groups in total. The normalized spacial score (nSPS) is 11.6. The van der Waals surface area contributed by atoms with Gasteiger partial charge in [0.25, 0.3) is 5.91 Å². The number of hydrazone groups is 1. The van der Waals surface area contributed by atoms with Gasteiger partial charge in [-0.3, -0.25) is 9.59 Å². The highest BCUT2D eigenvalue weighted by Crippen LogP contribution is 2.31. The zero-order valence-corrected chi connectivity index (χ0v) is 19.0. The van der Waals surface area contributed by atoms with Gasteiger partial charge in [0, 0.05) is 12.0 Å². The van der Waals surface area contributed by atoms with Crippen molar-refractivity contribution in [1.29, 1.82) is 0 Å². The van der Waals surface area contributed by atoms with Crippen molar-refractivity contribution in [3.8, 4) is 0 Å². The highest BCUT2D eigenvalue weighted by Gasteiger charge is 2.32. The highest BCUT2D eigenvalue weighted by atomic mass is 19.4. The van der Waals surface area contributed by atoms with E-state index in [1.54, 1.807) is 0 Å². The number of carbonyl (C=O) groups excluding carboxylic acids is 2. The fraction of sp³-hybridized carbons (Fsp3) is 0.625. The molecule has 2 amide bonds. The van der Waals surface area contributed by atoms with Gasteiger partial charge in [0.15, 0.2) is 0 Å². The van der Waals surface area contributed by atoms with Gasteiger partial charge in [-0.2, -0.15) is 18.3 Å². The molecule has 0 aliphatic rings. The van der Waals surface area contributed by atoms with Crippen LogP contribution >= 0.6 is 0 Å². The van der Waals surface area contributed by atoms with Crippen molar-refractivity contribution in [2.75, 3.05) is 6.54 Å². The largest absolute Gasteiger partial charge is 0.417 e. The molecule has 0 aliphatic carbocycles. The Morgan fingerprint density at radius 3 is 2.03 bits per heavy atom. The van der Waals surface area contributed by atoms with Crippen LogP contribution in [0.5, 0.6) is 0 Å². The average molecular weight is 456 g/mol. The predicted molar refractivity (Wildman–Crippen MR) is 121 cm³/mol. The number of nitrogens with one attached hydrogen (secondary N) is 2. The second-order valence-electron chi connectivity index (χ2n) is 7.94. The van der Waals surface area contributed by atoms with E-state index < -0.39 is 17.6 Å². The highest BCUT2D eigenvalue weighted by molar-refractivity contribution is 5.86. The first kappa shape index (κ1) is 27.7. The number of hydrogen-bond donors (Lipinski definition) is 2. The lowest BCUT2D eigenvalue weighted by atomic mass is 10.1. The summed E-state index contributed by atoms with van der Waals surface area (Å²) >= 11 is 0. The summed E-state index contributed by atoms with van der Waals surface area (Å²) in [5.41, 5.74) is 1.14. The van der Waals surface area contributed by atoms with Crippen molar-refractivity contribution in [2.45, 2.75) is 90.1 Å². The maximum absolute atomic E-state index is 12.9. The quantitative estimate of drug-likeness (QED) is 0.183. The number of benzene rings is 1. The van der Waals surface area contributed by atoms with Gasteiger partial charge in [-0.05, 0) is 12.5 Å². The van der Waals surface area contributed by atoms with Crippen LogP contribution in [0.15, 0.2) is 29.4 Å². The summed E-state index contributed by atoms with van der Waals surface area (Å²) in [7, 11) is 0. The summed E-state index contributed by atoms with van der Waals surface area (Å²) in [5, 5.41) is 6.05. The fourth-order valence-corrected chi connectivity index (χ4v) is 3.30. The molecule has 0 saturated heterocycles. The number of rotatable bonds is 16. The SMILES string of the molecule is CCCCCCCCCCCCCC(=O)NCC(=O)N/N=C\c1ccccc1C(F)(F)F. The number of carbonyl (C=O) groups is 2. The number of hydrogen-bond acceptors (Lipinski definition) is 3. The Balaban J connectivity index is 2.10. The number of nitrogens with zero attached hydrogens (tertiary/aromatic N) is 1. The monoisotopic (exact) mass is 455 g/mol. The number of unbranched alkanes of at least 4 members (excludes halogenated alkanes) is 10. The minimum atomic E-state index is -4.51. The molecule has 0 atom stereocenters. The van der Waals surface area contributed by atoms with Crippen LogP contribution in [-0.4, -0.2) is 24.6 Å². The van der Waals surface area contributed by atoms with Crippen LogP contribution in [0.3, 0.4) is 0 Å². The third kappa shape index (κ3) is 13.1. The standard InChI is InChI=1S/C24H36F3N3O2/c1-2-3-4-5-6-7-8-9-10-11-12-17-22(31)28-19-23(32)30-29-18-20-15-13-14-16-21(20)24(25,26)27/h13-16,18H,2-12,17,19H2,1H3,(H,28,31)(H,30,32)/b29-18-. The molecule has 1 aromatic rings. The third-order valence-corrected chi connectivity index (χ3v) is 5.11. The Hall–Kier alpha value is -2.38. The van der Waals surface area contributed by atoms with Gasteiger partial charge < -0.3 is 5.32 Å². The molecular formula is C24H36F3N3O2. The van der Waals surface area contributed by atoms with Crippen molar-refractivity contribution >= 4 is 18.0 Å². The fourth-order valence-electron chi connectivity index (χ4n) is 3.30. The minimum absolute atomic E-state index is 0.152. The second kappa shape index (κ2) is 16.3.